The van der Waals surface area contributed by atoms with Gasteiger partial charge in [0.05, 0.1) is 12.2 Å². The van der Waals surface area contributed by atoms with E-state index < -0.39 is 0 Å². The van der Waals surface area contributed by atoms with Gasteiger partial charge in [-0.1, -0.05) is 15.9 Å². The summed E-state index contributed by atoms with van der Waals surface area (Å²) in [6.45, 7) is 9.06. The molecule has 6 heteroatoms. The van der Waals surface area contributed by atoms with E-state index in [1.54, 1.807) is 0 Å². The van der Waals surface area contributed by atoms with Crippen molar-refractivity contribution < 1.29 is 14.3 Å². The zero-order chi connectivity index (χ0) is 18.5. The van der Waals surface area contributed by atoms with Crippen LogP contribution in [-0.4, -0.2) is 67.2 Å². The lowest BCUT2D eigenvalue weighted by atomic mass is 9.94. The van der Waals surface area contributed by atoms with E-state index in [1.807, 2.05) is 43.0 Å². The summed E-state index contributed by atoms with van der Waals surface area (Å²) in [7, 11) is 0. The lowest BCUT2D eigenvalue weighted by molar-refractivity contribution is -0.148. The molecule has 0 unspecified atom stereocenters. The van der Waals surface area contributed by atoms with Crippen LogP contribution in [0, 0.1) is 5.92 Å². The molecule has 2 fully saturated rings. The molecule has 0 saturated carbocycles. The third-order valence-corrected chi connectivity index (χ3v) is 5.69. The van der Waals surface area contributed by atoms with Crippen LogP contribution in [0.4, 0.5) is 0 Å². The summed E-state index contributed by atoms with van der Waals surface area (Å²) in [4.78, 5) is 17.2. The van der Waals surface area contributed by atoms with Crippen LogP contribution in [0.2, 0.25) is 0 Å². The standard InChI is InChI=1S/C20H29BrN2O3/c1-15-13-23(14-16(2)26-15)20(24)17-7-9-22(10-8-17)11-12-25-19-5-3-18(21)4-6-19/h3-6,15-17H,7-14H2,1-2H3/t15-,16-/m1/s1. The van der Waals surface area contributed by atoms with Crippen molar-refractivity contribution in [2.24, 2.45) is 5.92 Å². The molecule has 5 nitrogen and oxygen atoms in total. The Morgan fingerprint density at radius 2 is 1.77 bits per heavy atom. The quantitative estimate of drug-likeness (QED) is 0.727. The summed E-state index contributed by atoms with van der Waals surface area (Å²) in [5.41, 5.74) is 0. The summed E-state index contributed by atoms with van der Waals surface area (Å²) >= 11 is 3.43. The number of likely N-dealkylation sites (tertiary alicyclic amines) is 1. The first-order valence-electron chi connectivity index (χ1n) is 9.56. The molecule has 2 saturated heterocycles. The van der Waals surface area contributed by atoms with Crippen molar-refractivity contribution in [1.82, 2.24) is 9.80 Å². The van der Waals surface area contributed by atoms with E-state index in [9.17, 15) is 4.79 Å². The molecular weight excluding hydrogens is 396 g/mol. The number of rotatable bonds is 5. The number of piperidine rings is 1. The third-order valence-electron chi connectivity index (χ3n) is 5.16. The normalized spacial score (nSPS) is 25.3. The maximum atomic E-state index is 12.8. The van der Waals surface area contributed by atoms with Crippen molar-refractivity contribution >= 4 is 21.8 Å². The molecular formula is C20H29BrN2O3. The smallest absolute Gasteiger partial charge is 0.225 e. The highest BCUT2D eigenvalue weighted by Crippen LogP contribution is 2.22. The Morgan fingerprint density at radius 1 is 1.15 bits per heavy atom. The maximum absolute atomic E-state index is 12.8. The Hall–Kier alpha value is -1.11. The molecule has 2 aliphatic heterocycles. The van der Waals surface area contributed by atoms with Crippen LogP contribution in [0.3, 0.4) is 0 Å². The monoisotopic (exact) mass is 424 g/mol. The van der Waals surface area contributed by atoms with E-state index in [0.29, 0.717) is 12.5 Å². The molecule has 0 bridgehead atoms. The van der Waals surface area contributed by atoms with Crippen LogP contribution in [0.15, 0.2) is 28.7 Å². The van der Waals surface area contributed by atoms with Gasteiger partial charge in [0.1, 0.15) is 12.4 Å². The molecule has 1 amide bonds. The number of benzene rings is 1. The second kappa shape index (κ2) is 9.20. The molecule has 26 heavy (non-hydrogen) atoms. The van der Waals surface area contributed by atoms with Crippen LogP contribution >= 0.6 is 15.9 Å². The molecule has 144 valence electrons. The van der Waals surface area contributed by atoms with Crippen LogP contribution < -0.4 is 4.74 Å². The van der Waals surface area contributed by atoms with Gasteiger partial charge in [-0.3, -0.25) is 9.69 Å². The predicted molar refractivity (Wildman–Crippen MR) is 105 cm³/mol. The van der Waals surface area contributed by atoms with E-state index in [2.05, 4.69) is 20.8 Å². The molecule has 0 radical (unpaired) electrons. The topological polar surface area (TPSA) is 42.0 Å². The van der Waals surface area contributed by atoms with Gasteiger partial charge in [-0.25, -0.2) is 0 Å². The Kier molecular flexibility index (Phi) is 6.95. The summed E-state index contributed by atoms with van der Waals surface area (Å²) in [6, 6.07) is 7.91. The van der Waals surface area contributed by atoms with Gasteiger partial charge in [0.2, 0.25) is 5.91 Å². The summed E-state index contributed by atoms with van der Waals surface area (Å²) < 4.78 is 12.6. The number of hydrogen-bond acceptors (Lipinski definition) is 4. The van der Waals surface area contributed by atoms with Gasteiger partial charge in [0.15, 0.2) is 0 Å². The van der Waals surface area contributed by atoms with Gasteiger partial charge < -0.3 is 14.4 Å². The molecule has 0 spiro atoms. The van der Waals surface area contributed by atoms with Crippen molar-refractivity contribution in [3.05, 3.63) is 28.7 Å². The minimum absolute atomic E-state index is 0.138. The number of halogens is 1. The van der Waals surface area contributed by atoms with E-state index in [1.165, 1.54) is 0 Å². The highest BCUT2D eigenvalue weighted by Gasteiger charge is 2.32. The number of nitrogens with zero attached hydrogens (tertiary/aromatic N) is 2. The average Bonchev–Trinajstić information content (AvgIpc) is 2.62. The largest absolute Gasteiger partial charge is 0.492 e. The molecule has 0 N–H and O–H groups in total. The van der Waals surface area contributed by atoms with Gasteiger partial charge in [0.25, 0.3) is 0 Å². The fourth-order valence-corrected chi connectivity index (χ4v) is 4.11. The number of carbonyl (C=O) groups excluding carboxylic acids is 1. The lowest BCUT2D eigenvalue weighted by Crippen LogP contribution is -2.51. The zero-order valence-corrected chi connectivity index (χ0v) is 17.3. The van der Waals surface area contributed by atoms with Gasteiger partial charge in [-0.2, -0.15) is 0 Å². The number of hydrogen-bond donors (Lipinski definition) is 0. The number of morpholine rings is 1. The van der Waals surface area contributed by atoms with Crippen LogP contribution in [0.1, 0.15) is 26.7 Å². The lowest BCUT2D eigenvalue weighted by Gasteiger charge is -2.39. The van der Waals surface area contributed by atoms with Crippen molar-refractivity contribution in [3.63, 3.8) is 0 Å². The van der Waals surface area contributed by atoms with Gasteiger partial charge in [-0.15, -0.1) is 0 Å². The van der Waals surface area contributed by atoms with Gasteiger partial charge in [0, 0.05) is 30.0 Å². The summed E-state index contributed by atoms with van der Waals surface area (Å²) in [5, 5.41) is 0. The minimum atomic E-state index is 0.138. The molecule has 1 aromatic carbocycles. The Morgan fingerprint density at radius 3 is 2.38 bits per heavy atom. The molecule has 0 aromatic heterocycles. The van der Waals surface area contributed by atoms with Crippen LogP contribution in [0.5, 0.6) is 5.75 Å². The van der Waals surface area contributed by atoms with Crippen molar-refractivity contribution in [2.75, 3.05) is 39.3 Å². The predicted octanol–water partition coefficient (Wildman–Crippen LogP) is 3.18. The van der Waals surface area contributed by atoms with Crippen LogP contribution in [0.25, 0.3) is 0 Å². The highest BCUT2D eigenvalue weighted by atomic mass is 79.9. The van der Waals surface area contributed by atoms with Crippen molar-refractivity contribution in [3.8, 4) is 5.75 Å². The number of amides is 1. The maximum Gasteiger partial charge on any atom is 0.225 e. The van der Waals surface area contributed by atoms with Gasteiger partial charge in [-0.05, 0) is 64.0 Å². The highest BCUT2D eigenvalue weighted by molar-refractivity contribution is 9.10. The molecule has 2 atom stereocenters. The number of ether oxygens (including phenoxy) is 2. The average molecular weight is 425 g/mol. The van der Waals surface area contributed by atoms with Gasteiger partial charge >= 0.3 is 0 Å². The van der Waals surface area contributed by atoms with E-state index in [-0.39, 0.29) is 18.1 Å². The molecule has 3 rings (SSSR count). The fourth-order valence-electron chi connectivity index (χ4n) is 3.84. The zero-order valence-electron chi connectivity index (χ0n) is 15.7. The van der Waals surface area contributed by atoms with Crippen molar-refractivity contribution in [2.45, 2.75) is 38.9 Å². The SMILES string of the molecule is C[C@@H]1CN(C(=O)C2CCN(CCOc3ccc(Br)cc3)CC2)C[C@@H](C)O1. The fraction of sp³-hybridized carbons (Fsp3) is 0.650. The van der Waals surface area contributed by atoms with E-state index in [4.69, 9.17) is 9.47 Å². The minimum Gasteiger partial charge on any atom is -0.492 e. The Balaban J connectivity index is 1.38. The second-order valence-electron chi connectivity index (χ2n) is 7.42. The first-order valence-corrected chi connectivity index (χ1v) is 10.4. The first kappa shape index (κ1) is 19.6. The van der Waals surface area contributed by atoms with E-state index in [0.717, 1.165) is 55.8 Å². The Labute approximate surface area is 164 Å². The molecule has 0 aliphatic carbocycles. The van der Waals surface area contributed by atoms with Crippen molar-refractivity contribution in [1.29, 1.82) is 0 Å². The molecule has 1 aromatic rings. The summed E-state index contributed by atoms with van der Waals surface area (Å²) in [6.07, 6.45) is 2.16. The van der Waals surface area contributed by atoms with Crippen LogP contribution in [-0.2, 0) is 9.53 Å². The summed E-state index contributed by atoms with van der Waals surface area (Å²) in [5.74, 6) is 1.38. The Bertz CT molecular complexity index is 577. The number of carbonyl (C=O) groups is 1. The van der Waals surface area contributed by atoms with E-state index >= 15 is 0 Å². The molecule has 2 aliphatic rings. The first-order chi connectivity index (χ1) is 12.5. The second-order valence-corrected chi connectivity index (χ2v) is 8.33. The molecule has 2 heterocycles. The third kappa shape index (κ3) is 5.44.